The summed E-state index contributed by atoms with van der Waals surface area (Å²) in [5.41, 5.74) is 0.657. The van der Waals surface area contributed by atoms with Crippen molar-refractivity contribution in [1.82, 2.24) is 0 Å². The van der Waals surface area contributed by atoms with Gasteiger partial charge in [0.1, 0.15) is 5.82 Å². The molecular formula is C14H10Cl2FNO2. The Morgan fingerprint density at radius 2 is 1.95 bits per heavy atom. The lowest BCUT2D eigenvalue weighted by Gasteiger charge is -2.17. The largest absolute Gasteiger partial charge is 0.479 e. The molecule has 3 nitrogen and oxygen atoms in total. The fraction of sp³-hybridized carbons (Fsp3) is 0.0714. The lowest BCUT2D eigenvalue weighted by molar-refractivity contribution is -0.138. The number of carboxylic acids is 1. The van der Waals surface area contributed by atoms with E-state index < -0.39 is 17.8 Å². The Balaban J connectivity index is 2.37. The number of nitrogens with one attached hydrogen (secondary N) is 1. The molecule has 2 aromatic rings. The van der Waals surface area contributed by atoms with Crippen LogP contribution in [0.1, 0.15) is 11.6 Å². The number of aliphatic carboxylic acids is 1. The van der Waals surface area contributed by atoms with Crippen LogP contribution in [0.2, 0.25) is 10.0 Å². The van der Waals surface area contributed by atoms with E-state index in [0.29, 0.717) is 16.3 Å². The molecule has 0 saturated heterocycles. The number of hydrogen-bond donors (Lipinski definition) is 2. The minimum atomic E-state index is -1.14. The molecule has 0 bridgehead atoms. The third kappa shape index (κ3) is 3.40. The molecule has 104 valence electrons. The highest BCUT2D eigenvalue weighted by molar-refractivity contribution is 6.33. The first-order valence-electron chi connectivity index (χ1n) is 5.67. The van der Waals surface area contributed by atoms with Gasteiger partial charge in [-0.1, -0.05) is 29.3 Å². The van der Waals surface area contributed by atoms with E-state index in [1.54, 1.807) is 12.1 Å². The molecule has 0 radical (unpaired) electrons. The monoisotopic (exact) mass is 313 g/mol. The van der Waals surface area contributed by atoms with Crippen molar-refractivity contribution in [2.24, 2.45) is 0 Å². The number of anilines is 1. The molecule has 20 heavy (non-hydrogen) atoms. The van der Waals surface area contributed by atoms with Gasteiger partial charge in [-0.2, -0.15) is 0 Å². The second kappa shape index (κ2) is 6.11. The fourth-order valence-corrected chi connectivity index (χ4v) is 2.16. The second-order valence-corrected chi connectivity index (χ2v) is 4.94. The number of carboxylic acid groups (broad SMARTS) is 1. The van der Waals surface area contributed by atoms with Gasteiger partial charge < -0.3 is 10.4 Å². The zero-order valence-electron chi connectivity index (χ0n) is 10.1. The van der Waals surface area contributed by atoms with Crippen molar-refractivity contribution in [1.29, 1.82) is 0 Å². The van der Waals surface area contributed by atoms with Gasteiger partial charge >= 0.3 is 5.97 Å². The molecule has 0 aliphatic carbocycles. The summed E-state index contributed by atoms with van der Waals surface area (Å²) in [6.07, 6.45) is 0. The summed E-state index contributed by atoms with van der Waals surface area (Å²) in [6, 6.07) is 8.95. The number of halogens is 3. The maximum absolute atomic E-state index is 13.1. The van der Waals surface area contributed by atoms with Gasteiger partial charge in [0.25, 0.3) is 0 Å². The summed E-state index contributed by atoms with van der Waals surface area (Å²) in [5.74, 6) is -1.60. The van der Waals surface area contributed by atoms with Crippen LogP contribution in [0.15, 0.2) is 42.5 Å². The molecule has 0 amide bonds. The average molecular weight is 314 g/mol. The minimum Gasteiger partial charge on any atom is -0.479 e. The smallest absolute Gasteiger partial charge is 0.330 e. The third-order valence-electron chi connectivity index (χ3n) is 2.65. The molecule has 1 atom stereocenters. The normalized spacial score (nSPS) is 11.9. The number of rotatable bonds is 4. The van der Waals surface area contributed by atoms with Crippen molar-refractivity contribution in [3.8, 4) is 0 Å². The standard InChI is InChI=1S/C14H10Cl2FNO2/c15-8-4-5-12(16)11(6-8)13(14(19)20)18-10-3-1-2-9(17)7-10/h1-7,13,18H,(H,19,20). The lowest BCUT2D eigenvalue weighted by Crippen LogP contribution is -2.21. The molecule has 2 rings (SSSR count). The first-order chi connectivity index (χ1) is 9.47. The molecule has 1 unspecified atom stereocenters. The van der Waals surface area contributed by atoms with Gasteiger partial charge in [0.05, 0.1) is 0 Å². The number of benzene rings is 2. The van der Waals surface area contributed by atoms with Gasteiger partial charge in [0.2, 0.25) is 0 Å². The van der Waals surface area contributed by atoms with Gasteiger partial charge in [0.15, 0.2) is 6.04 Å². The van der Waals surface area contributed by atoms with Crippen LogP contribution in [-0.2, 0) is 4.79 Å². The van der Waals surface area contributed by atoms with E-state index in [2.05, 4.69) is 5.32 Å². The molecule has 0 spiro atoms. The molecule has 0 aliphatic heterocycles. The Hall–Kier alpha value is -1.78. The molecule has 6 heteroatoms. The lowest BCUT2D eigenvalue weighted by atomic mass is 10.1. The molecule has 2 N–H and O–H groups in total. The highest BCUT2D eigenvalue weighted by Crippen LogP contribution is 2.29. The summed E-state index contributed by atoms with van der Waals surface area (Å²) >= 11 is 11.9. The first-order valence-corrected chi connectivity index (χ1v) is 6.43. The predicted molar refractivity (Wildman–Crippen MR) is 76.9 cm³/mol. The Morgan fingerprint density at radius 3 is 2.60 bits per heavy atom. The molecule has 0 saturated carbocycles. The first kappa shape index (κ1) is 14.6. The van der Waals surface area contributed by atoms with Crippen LogP contribution in [0, 0.1) is 5.82 Å². The van der Waals surface area contributed by atoms with E-state index in [1.807, 2.05) is 0 Å². The summed E-state index contributed by atoms with van der Waals surface area (Å²) in [6.45, 7) is 0. The highest BCUT2D eigenvalue weighted by Gasteiger charge is 2.22. The SMILES string of the molecule is O=C(O)C(Nc1cccc(F)c1)c1cc(Cl)ccc1Cl. The quantitative estimate of drug-likeness (QED) is 0.881. The molecular weight excluding hydrogens is 304 g/mol. The Morgan fingerprint density at radius 1 is 1.20 bits per heavy atom. The molecule has 0 fully saturated rings. The van der Waals surface area contributed by atoms with Crippen LogP contribution in [-0.4, -0.2) is 11.1 Å². The Labute approximate surface area is 124 Å². The maximum atomic E-state index is 13.1. The fourth-order valence-electron chi connectivity index (χ4n) is 1.75. The van der Waals surface area contributed by atoms with E-state index in [9.17, 15) is 14.3 Å². The molecule has 0 heterocycles. The minimum absolute atomic E-state index is 0.269. The predicted octanol–water partition coefficient (Wildman–Crippen LogP) is 4.37. The Bertz CT molecular complexity index is 649. The van der Waals surface area contributed by atoms with Crippen molar-refractivity contribution in [2.75, 3.05) is 5.32 Å². The van der Waals surface area contributed by atoms with E-state index in [1.165, 1.54) is 30.3 Å². The summed E-state index contributed by atoms with van der Waals surface area (Å²) in [7, 11) is 0. The van der Waals surface area contributed by atoms with Crippen molar-refractivity contribution in [3.05, 3.63) is 63.9 Å². The maximum Gasteiger partial charge on any atom is 0.330 e. The van der Waals surface area contributed by atoms with Crippen LogP contribution in [0.4, 0.5) is 10.1 Å². The van der Waals surface area contributed by atoms with E-state index in [4.69, 9.17) is 23.2 Å². The topological polar surface area (TPSA) is 49.3 Å². The number of carbonyl (C=O) groups is 1. The summed E-state index contributed by atoms with van der Waals surface area (Å²) in [4.78, 5) is 11.4. The van der Waals surface area contributed by atoms with E-state index in [0.717, 1.165) is 0 Å². The molecule has 0 aromatic heterocycles. The van der Waals surface area contributed by atoms with Crippen LogP contribution in [0.5, 0.6) is 0 Å². The van der Waals surface area contributed by atoms with Crippen LogP contribution < -0.4 is 5.32 Å². The number of hydrogen-bond acceptors (Lipinski definition) is 2. The van der Waals surface area contributed by atoms with E-state index >= 15 is 0 Å². The van der Waals surface area contributed by atoms with Gasteiger partial charge in [-0.25, -0.2) is 9.18 Å². The van der Waals surface area contributed by atoms with Gasteiger partial charge in [0, 0.05) is 21.3 Å². The van der Waals surface area contributed by atoms with Crippen molar-refractivity contribution < 1.29 is 14.3 Å². The van der Waals surface area contributed by atoms with Crippen LogP contribution in [0.25, 0.3) is 0 Å². The summed E-state index contributed by atoms with van der Waals surface area (Å²) < 4.78 is 13.1. The van der Waals surface area contributed by atoms with Crippen molar-refractivity contribution in [2.45, 2.75) is 6.04 Å². The zero-order valence-corrected chi connectivity index (χ0v) is 11.6. The van der Waals surface area contributed by atoms with E-state index in [-0.39, 0.29) is 5.02 Å². The van der Waals surface area contributed by atoms with Crippen molar-refractivity contribution >= 4 is 34.9 Å². The highest BCUT2D eigenvalue weighted by atomic mass is 35.5. The van der Waals surface area contributed by atoms with Gasteiger partial charge in [-0.15, -0.1) is 0 Å². The van der Waals surface area contributed by atoms with Gasteiger partial charge in [-0.3, -0.25) is 0 Å². The van der Waals surface area contributed by atoms with Crippen molar-refractivity contribution in [3.63, 3.8) is 0 Å². The third-order valence-corrected chi connectivity index (χ3v) is 3.23. The van der Waals surface area contributed by atoms with Crippen LogP contribution in [0.3, 0.4) is 0 Å². The zero-order chi connectivity index (χ0) is 14.7. The molecule has 2 aromatic carbocycles. The second-order valence-electron chi connectivity index (χ2n) is 4.09. The Kier molecular flexibility index (Phi) is 4.47. The van der Waals surface area contributed by atoms with Crippen LogP contribution >= 0.6 is 23.2 Å². The van der Waals surface area contributed by atoms with Gasteiger partial charge in [-0.05, 0) is 36.4 Å². The molecule has 0 aliphatic rings. The average Bonchev–Trinajstić information content (AvgIpc) is 2.39. The summed E-state index contributed by atoms with van der Waals surface area (Å²) in [5, 5.41) is 12.7.